The Labute approximate surface area is 187 Å². The molecule has 2 aromatic heterocycles. The van der Waals surface area contributed by atoms with Crippen LogP contribution in [0.25, 0.3) is 16.2 Å². The second-order valence-electron chi connectivity index (χ2n) is 8.11. The molecule has 0 spiro atoms. The highest BCUT2D eigenvalue weighted by Gasteiger charge is 2.33. The zero-order valence-electron chi connectivity index (χ0n) is 17.7. The van der Waals surface area contributed by atoms with Crippen molar-refractivity contribution in [2.75, 3.05) is 12.4 Å². The Balaban J connectivity index is 1.39. The average molecular weight is 449 g/mol. The van der Waals surface area contributed by atoms with Gasteiger partial charge in [-0.2, -0.15) is 4.98 Å². The molecule has 0 atom stereocenters. The second-order valence-corrected chi connectivity index (χ2v) is 8.94. The molecule has 8 nitrogen and oxygen atoms in total. The Morgan fingerprint density at radius 3 is 2.75 bits per heavy atom. The van der Waals surface area contributed by atoms with Crippen molar-refractivity contribution in [3.05, 3.63) is 59.0 Å². The average Bonchev–Trinajstić information content (AvgIpc) is 3.33. The van der Waals surface area contributed by atoms with Crippen molar-refractivity contribution < 1.29 is 19.1 Å². The number of methoxy groups -OCH3 is 1. The van der Waals surface area contributed by atoms with Gasteiger partial charge in [-0.1, -0.05) is 0 Å². The molecule has 3 heterocycles. The van der Waals surface area contributed by atoms with Crippen LogP contribution >= 0.6 is 11.3 Å². The summed E-state index contributed by atoms with van der Waals surface area (Å²) in [6, 6.07) is 12.5. The maximum Gasteiger partial charge on any atom is 0.258 e. The van der Waals surface area contributed by atoms with Gasteiger partial charge in [0.25, 0.3) is 11.9 Å². The molecule has 9 heteroatoms. The minimum Gasteiger partial charge on any atom is -0.497 e. The molecule has 0 saturated carbocycles. The number of Topliss-reactive ketones (excluding diaryl/α,β-unsaturated/α-hetero) is 1. The van der Waals surface area contributed by atoms with E-state index in [0.29, 0.717) is 21.8 Å². The van der Waals surface area contributed by atoms with Gasteiger partial charge in [0.2, 0.25) is 4.96 Å². The molecule has 0 saturated heterocycles. The number of nitrogens with one attached hydrogen (secondary N) is 1. The number of fused-ring (bicyclic) bond motifs is 2. The number of amides is 1. The lowest BCUT2D eigenvalue weighted by molar-refractivity contribution is 0.0620. The van der Waals surface area contributed by atoms with E-state index in [0.717, 1.165) is 17.0 Å². The lowest BCUT2D eigenvalue weighted by atomic mass is 9.92. The number of nitrogens with zero attached hydrogens (tertiary/aromatic N) is 3. The van der Waals surface area contributed by atoms with Crippen molar-refractivity contribution in [1.82, 2.24) is 14.6 Å². The number of ketones is 1. The van der Waals surface area contributed by atoms with Crippen molar-refractivity contribution in [2.24, 2.45) is 0 Å². The molecule has 0 fully saturated rings. The molecule has 5 rings (SSSR count). The smallest absolute Gasteiger partial charge is 0.258 e. The molecule has 4 aromatic rings. The lowest BCUT2D eigenvalue weighted by Gasteiger charge is -2.31. The molecule has 0 radical (unpaired) electrons. The van der Waals surface area contributed by atoms with Crippen LogP contribution in [-0.2, 0) is 0 Å². The highest BCUT2D eigenvalue weighted by atomic mass is 32.1. The molecule has 1 N–H and O–H groups in total. The van der Waals surface area contributed by atoms with Crippen molar-refractivity contribution in [3.8, 4) is 22.8 Å². The van der Waals surface area contributed by atoms with E-state index in [-0.39, 0.29) is 18.2 Å². The van der Waals surface area contributed by atoms with Gasteiger partial charge in [0, 0.05) is 16.5 Å². The fourth-order valence-electron chi connectivity index (χ4n) is 3.66. The molecule has 32 heavy (non-hydrogen) atoms. The molecule has 1 aliphatic rings. The Hall–Kier alpha value is -3.72. The zero-order chi connectivity index (χ0) is 22.5. The first-order valence-electron chi connectivity index (χ1n) is 9.99. The van der Waals surface area contributed by atoms with Gasteiger partial charge >= 0.3 is 0 Å². The number of thiazole rings is 1. The van der Waals surface area contributed by atoms with Gasteiger partial charge < -0.3 is 9.47 Å². The van der Waals surface area contributed by atoms with E-state index in [9.17, 15) is 9.59 Å². The SMILES string of the molecule is COc1ccc(-c2csc3nc(NC(=O)c4ccc5c(c4)C(=O)CC(C)(C)O5)nn23)cc1. The molecule has 162 valence electrons. The number of hydrogen-bond donors (Lipinski definition) is 1. The van der Waals surface area contributed by atoms with Crippen molar-refractivity contribution >= 4 is 33.9 Å². The minimum atomic E-state index is -0.554. The lowest BCUT2D eigenvalue weighted by Crippen LogP contribution is -2.36. The van der Waals surface area contributed by atoms with E-state index < -0.39 is 11.5 Å². The van der Waals surface area contributed by atoms with Crippen LogP contribution in [0, 0.1) is 0 Å². The van der Waals surface area contributed by atoms with Crippen LogP contribution < -0.4 is 14.8 Å². The van der Waals surface area contributed by atoms with Gasteiger partial charge in [0.05, 0.1) is 24.8 Å². The Morgan fingerprint density at radius 1 is 1.22 bits per heavy atom. The Morgan fingerprint density at radius 2 is 2.00 bits per heavy atom. The summed E-state index contributed by atoms with van der Waals surface area (Å²) in [5, 5.41) is 9.12. The van der Waals surface area contributed by atoms with E-state index in [2.05, 4.69) is 15.4 Å². The van der Waals surface area contributed by atoms with Crippen LogP contribution in [0.15, 0.2) is 47.8 Å². The van der Waals surface area contributed by atoms with Crippen molar-refractivity contribution in [2.45, 2.75) is 25.9 Å². The number of rotatable bonds is 4. The number of anilines is 1. The molecule has 2 aromatic carbocycles. The molecule has 1 amide bonds. The van der Waals surface area contributed by atoms with Gasteiger partial charge in [0.15, 0.2) is 5.78 Å². The number of carbonyl (C=O) groups is 2. The molecule has 1 aliphatic heterocycles. The summed E-state index contributed by atoms with van der Waals surface area (Å²) in [6.45, 7) is 3.73. The van der Waals surface area contributed by atoms with Gasteiger partial charge in [0.1, 0.15) is 17.1 Å². The molecular formula is C23H20N4O4S. The predicted octanol–water partition coefficient (Wildman–Crippen LogP) is 4.46. The first-order chi connectivity index (χ1) is 15.3. The van der Waals surface area contributed by atoms with Crippen molar-refractivity contribution in [1.29, 1.82) is 0 Å². The Kier molecular flexibility index (Phi) is 4.70. The number of benzene rings is 2. The third-order valence-electron chi connectivity index (χ3n) is 5.21. The van der Waals surface area contributed by atoms with Crippen molar-refractivity contribution in [3.63, 3.8) is 0 Å². The maximum atomic E-state index is 12.8. The van der Waals surface area contributed by atoms with Crippen LogP contribution in [0.1, 0.15) is 41.0 Å². The summed E-state index contributed by atoms with van der Waals surface area (Å²) >= 11 is 1.43. The summed E-state index contributed by atoms with van der Waals surface area (Å²) < 4.78 is 12.8. The minimum absolute atomic E-state index is 0.0457. The van der Waals surface area contributed by atoms with E-state index in [4.69, 9.17) is 9.47 Å². The molecule has 0 unspecified atom stereocenters. The first-order valence-corrected chi connectivity index (χ1v) is 10.9. The second kappa shape index (κ2) is 7.45. The van der Waals surface area contributed by atoms with Gasteiger partial charge in [-0.05, 0) is 56.3 Å². The van der Waals surface area contributed by atoms with Crippen LogP contribution in [0.3, 0.4) is 0 Å². The molecular weight excluding hydrogens is 428 g/mol. The Bertz CT molecular complexity index is 1350. The molecule has 0 aliphatic carbocycles. The standard InChI is InChI=1S/C23H20N4O4S/c1-23(2)11-18(28)16-10-14(6-9-19(16)31-23)20(29)24-21-25-22-27(26-21)17(12-32-22)13-4-7-15(30-3)8-5-13/h4-10,12H,11H2,1-3H3,(H,24,26,29). The van der Waals surface area contributed by atoms with E-state index in [1.54, 1.807) is 29.8 Å². The van der Waals surface area contributed by atoms with Crippen LogP contribution in [0.5, 0.6) is 11.5 Å². The highest BCUT2D eigenvalue weighted by Crippen LogP contribution is 2.33. The largest absolute Gasteiger partial charge is 0.497 e. The quantitative estimate of drug-likeness (QED) is 0.495. The number of hydrogen-bond acceptors (Lipinski definition) is 7. The van der Waals surface area contributed by atoms with Gasteiger partial charge in [-0.15, -0.1) is 16.4 Å². The van der Waals surface area contributed by atoms with E-state index >= 15 is 0 Å². The van der Waals surface area contributed by atoms with Crippen LogP contribution in [-0.4, -0.2) is 39.0 Å². The van der Waals surface area contributed by atoms with Gasteiger partial charge in [-0.25, -0.2) is 4.52 Å². The predicted molar refractivity (Wildman–Crippen MR) is 121 cm³/mol. The number of carbonyl (C=O) groups excluding carboxylic acids is 2. The third-order valence-corrected chi connectivity index (χ3v) is 6.02. The summed E-state index contributed by atoms with van der Waals surface area (Å²) in [5.74, 6) is 1.01. The fraction of sp³-hybridized carbons (Fsp3) is 0.217. The number of ether oxygens (including phenoxy) is 2. The third kappa shape index (κ3) is 3.60. The van der Waals surface area contributed by atoms with E-state index in [1.807, 2.05) is 43.5 Å². The van der Waals surface area contributed by atoms with Gasteiger partial charge in [-0.3, -0.25) is 14.9 Å². The van der Waals surface area contributed by atoms with E-state index in [1.165, 1.54) is 11.3 Å². The number of aromatic nitrogens is 3. The summed E-state index contributed by atoms with van der Waals surface area (Å²) in [6.07, 6.45) is 0.262. The highest BCUT2D eigenvalue weighted by molar-refractivity contribution is 7.15. The monoisotopic (exact) mass is 448 g/mol. The topological polar surface area (TPSA) is 94.8 Å². The summed E-state index contributed by atoms with van der Waals surface area (Å²) in [4.78, 5) is 30.3. The first kappa shape index (κ1) is 20.2. The summed E-state index contributed by atoms with van der Waals surface area (Å²) in [5.41, 5.74) is 2.02. The fourth-order valence-corrected chi connectivity index (χ4v) is 4.49. The normalized spacial score (nSPS) is 14.7. The summed E-state index contributed by atoms with van der Waals surface area (Å²) in [7, 11) is 1.62. The van der Waals surface area contributed by atoms with Crippen LogP contribution in [0.4, 0.5) is 5.95 Å². The van der Waals surface area contributed by atoms with Crippen LogP contribution in [0.2, 0.25) is 0 Å². The zero-order valence-corrected chi connectivity index (χ0v) is 18.5. The maximum absolute atomic E-state index is 12.8. The molecule has 0 bridgehead atoms.